The second-order valence-electron chi connectivity index (χ2n) is 9.72. The first-order valence-electron chi connectivity index (χ1n) is 12.3. The molecule has 0 aliphatic carbocycles. The number of aliphatic hydroxyl groups is 2. The van der Waals surface area contributed by atoms with Crippen molar-refractivity contribution in [1.82, 2.24) is 0 Å². The van der Waals surface area contributed by atoms with Crippen LogP contribution >= 0.6 is 0 Å². The molecule has 0 fully saturated rings. The monoisotopic (exact) mass is 526 g/mol. The normalized spacial score (nSPS) is 11.8. The lowest BCUT2D eigenvalue weighted by Gasteiger charge is -2.23. The Morgan fingerprint density at radius 2 is 0.875 bits per heavy atom. The zero-order valence-electron chi connectivity index (χ0n) is 20.5. The van der Waals surface area contributed by atoms with E-state index in [9.17, 15) is 30.0 Å². The van der Waals surface area contributed by atoms with Crippen molar-refractivity contribution in [3.8, 4) is 0 Å². The number of hydrogen-bond acceptors (Lipinski definition) is 4. The summed E-state index contributed by atoms with van der Waals surface area (Å²) >= 11 is 0. The van der Waals surface area contributed by atoms with E-state index in [1.807, 2.05) is 6.07 Å². The maximum absolute atomic E-state index is 12.7. The van der Waals surface area contributed by atoms with Crippen molar-refractivity contribution in [2.24, 2.45) is 0 Å². The number of aromatic carboxylic acids is 2. The van der Waals surface area contributed by atoms with E-state index in [1.165, 1.54) is 12.1 Å². The van der Waals surface area contributed by atoms with Crippen LogP contribution in [0.15, 0.2) is 72.8 Å². The predicted octanol–water partition coefficient (Wildman–Crippen LogP) is 7.21. The first-order valence-corrected chi connectivity index (χ1v) is 12.3. The summed E-state index contributed by atoms with van der Waals surface area (Å²) in [5.41, 5.74) is 0.0148. The fourth-order valence-electron chi connectivity index (χ4n) is 6.44. The van der Waals surface area contributed by atoms with Gasteiger partial charge in [0, 0.05) is 16.3 Å². The number of aliphatic hydroxyl groups excluding tert-OH is 2. The van der Waals surface area contributed by atoms with Crippen LogP contribution in [0, 0.1) is 10.8 Å². The molecular formula is C32H18N2O6. The van der Waals surface area contributed by atoms with Crippen LogP contribution in [0.3, 0.4) is 0 Å². The topological polar surface area (TPSA) is 163 Å². The molecule has 192 valence electrons. The Morgan fingerprint density at radius 1 is 0.425 bits per heavy atom. The van der Waals surface area contributed by atoms with E-state index in [2.05, 4.69) is 0 Å². The van der Waals surface area contributed by atoms with E-state index < -0.39 is 23.7 Å². The van der Waals surface area contributed by atoms with Gasteiger partial charge in [-0.05, 0) is 66.0 Å². The molecule has 0 heterocycles. The first kappa shape index (κ1) is 23.4. The second-order valence-corrected chi connectivity index (χ2v) is 9.72. The van der Waals surface area contributed by atoms with Crippen molar-refractivity contribution in [3.05, 3.63) is 95.1 Å². The highest BCUT2D eigenvalue weighted by Gasteiger charge is 2.28. The number of rotatable bonds is 4. The van der Waals surface area contributed by atoms with Crippen molar-refractivity contribution in [2.75, 3.05) is 0 Å². The van der Waals surface area contributed by atoms with Gasteiger partial charge < -0.3 is 20.4 Å². The van der Waals surface area contributed by atoms with Gasteiger partial charge >= 0.3 is 11.9 Å². The average Bonchev–Trinajstić information content (AvgIpc) is 2.93. The lowest BCUT2D eigenvalue weighted by molar-refractivity contribution is 0.0696. The number of carboxylic acid groups (broad SMARTS) is 2. The van der Waals surface area contributed by atoms with Gasteiger partial charge in [-0.1, -0.05) is 60.7 Å². The number of fused-ring (bicyclic) bond motifs is 6. The van der Waals surface area contributed by atoms with Crippen molar-refractivity contribution < 1.29 is 30.0 Å². The highest BCUT2D eigenvalue weighted by Crippen LogP contribution is 2.49. The summed E-state index contributed by atoms with van der Waals surface area (Å²) in [5, 5.41) is 63.8. The van der Waals surface area contributed by atoms with E-state index in [4.69, 9.17) is 10.8 Å². The average molecular weight is 527 g/mol. The Balaban J connectivity index is 1.99. The summed E-state index contributed by atoms with van der Waals surface area (Å²) in [4.78, 5) is 25.2. The molecule has 8 nitrogen and oxygen atoms in total. The minimum Gasteiger partial charge on any atom is -0.493 e. The molecule has 6 N–H and O–H groups in total. The predicted molar refractivity (Wildman–Crippen MR) is 155 cm³/mol. The van der Waals surface area contributed by atoms with E-state index in [-0.39, 0.29) is 27.6 Å². The van der Waals surface area contributed by atoms with E-state index >= 15 is 0 Å². The summed E-state index contributed by atoms with van der Waals surface area (Å²) in [6, 6.07) is 20.3. The molecule has 7 aromatic rings. The third kappa shape index (κ3) is 2.79. The van der Waals surface area contributed by atoms with Crippen LogP contribution in [0.1, 0.15) is 31.8 Å². The van der Waals surface area contributed by atoms with Crippen LogP contribution in [0.25, 0.3) is 64.6 Å². The van der Waals surface area contributed by atoms with Crippen molar-refractivity contribution in [2.45, 2.75) is 0 Å². The van der Waals surface area contributed by atoms with Gasteiger partial charge in [-0.25, -0.2) is 9.59 Å². The highest BCUT2D eigenvalue weighted by molar-refractivity contribution is 6.46. The van der Waals surface area contributed by atoms with Gasteiger partial charge in [0.25, 0.3) is 0 Å². The SMILES string of the molecule is N=C(O)c1ccc2c3c1c(C(=N)O)c1ccccc1c3c1ccc(C(=O)O)c3c(C(=O)O)c4ccccc4c2c31. The van der Waals surface area contributed by atoms with Crippen molar-refractivity contribution >= 4 is 88.4 Å². The Bertz CT molecular complexity index is 2170. The van der Waals surface area contributed by atoms with Gasteiger partial charge in [0.1, 0.15) is 0 Å². The number of carboxylic acids is 2. The molecule has 0 aliphatic heterocycles. The van der Waals surface area contributed by atoms with Crippen LogP contribution < -0.4 is 0 Å². The molecule has 7 aromatic carbocycles. The molecule has 8 heteroatoms. The van der Waals surface area contributed by atoms with Crippen molar-refractivity contribution in [3.63, 3.8) is 0 Å². The molecular weight excluding hydrogens is 508 g/mol. The molecule has 0 amide bonds. The Hall–Kier alpha value is -5.76. The molecule has 0 bridgehead atoms. The quantitative estimate of drug-likeness (QED) is 0.0614. The first-order chi connectivity index (χ1) is 19.2. The summed E-state index contributed by atoms with van der Waals surface area (Å²) < 4.78 is 0. The standard InChI is InChI=1S/C32H18N2O6/c33-29(35)19-11-9-17-22-14-6-2-4-8-16(14)28(32(39)40)26-20(31(37)38)12-10-18(24(22)26)21-13-5-1-3-7-15(13)27(30(34)36)25(19)23(17)21/h1-12H,(H2,33,35)(H2,34,36)(H,37,38)(H,39,40). The molecule has 0 radical (unpaired) electrons. The van der Waals surface area contributed by atoms with Crippen LogP contribution in [-0.2, 0) is 0 Å². The number of carbonyl (C=O) groups is 2. The molecule has 0 saturated heterocycles. The van der Waals surface area contributed by atoms with Gasteiger partial charge in [-0.15, -0.1) is 0 Å². The smallest absolute Gasteiger partial charge is 0.336 e. The molecule has 40 heavy (non-hydrogen) atoms. The lowest BCUT2D eigenvalue weighted by atomic mass is 9.80. The molecule has 0 atom stereocenters. The van der Waals surface area contributed by atoms with Crippen LogP contribution in [0.2, 0.25) is 0 Å². The molecule has 0 spiro atoms. The van der Waals surface area contributed by atoms with Gasteiger partial charge in [-0.2, -0.15) is 0 Å². The van der Waals surface area contributed by atoms with Gasteiger partial charge in [0.05, 0.1) is 16.7 Å². The Morgan fingerprint density at radius 3 is 1.32 bits per heavy atom. The lowest BCUT2D eigenvalue weighted by Crippen LogP contribution is -2.08. The summed E-state index contributed by atoms with van der Waals surface area (Å²) in [6.07, 6.45) is 0. The van der Waals surface area contributed by atoms with E-state index in [0.717, 1.165) is 0 Å². The van der Waals surface area contributed by atoms with E-state index in [0.29, 0.717) is 59.2 Å². The maximum atomic E-state index is 12.7. The number of hydrogen-bond donors (Lipinski definition) is 6. The molecule has 0 saturated carbocycles. The molecule has 0 aliphatic rings. The molecule has 0 aromatic heterocycles. The number of nitrogens with one attached hydrogen (secondary N) is 2. The van der Waals surface area contributed by atoms with Crippen LogP contribution in [-0.4, -0.2) is 44.2 Å². The summed E-state index contributed by atoms with van der Waals surface area (Å²) in [7, 11) is 0. The third-order valence-electron chi connectivity index (χ3n) is 7.82. The minimum atomic E-state index is -1.26. The molecule has 7 rings (SSSR count). The second kappa shape index (κ2) is 7.87. The zero-order valence-corrected chi connectivity index (χ0v) is 20.5. The third-order valence-corrected chi connectivity index (χ3v) is 7.82. The Kier molecular flexibility index (Phi) is 4.60. The van der Waals surface area contributed by atoms with E-state index in [1.54, 1.807) is 54.6 Å². The van der Waals surface area contributed by atoms with Crippen LogP contribution in [0.5, 0.6) is 0 Å². The summed E-state index contributed by atoms with van der Waals surface area (Å²) in [5.74, 6) is -3.98. The Labute approximate surface area is 224 Å². The fraction of sp³-hybridized carbons (Fsp3) is 0. The fourth-order valence-corrected chi connectivity index (χ4v) is 6.44. The zero-order chi connectivity index (χ0) is 28.0. The number of benzene rings is 7. The van der Waals surface area contributed by atoms with Gasteiger partial charge in [0.2, 0.25) is 11.8 Å². The van der Waals surface area contributed by atoms with Crippen LogP contribution in [0.4, 0.5) is 0 Å². The largest absolute Gasteiger partial charge is 0.493 e. The summed E-state index contributed by atoms with van der Waals surface area (Å²) in [6.45, 7) is 0. The molecule has 0 unspecified atom stereocenters. The van der Waals surface area contributed by atoms with Crippen molar-refractivity contribution in [1.29, 1.82) is 10.8 Å². The van der Waals surface area contributed by atoms with Gasteiger partial charge in [-0.3, -0.25) is 10.8 Å². The van der Waals surface area contributed by atoms with Gasteiger partial charge in [0.15, 0.2) is 0 Å². The maximum Gasteiger partial charge on any atom is 0.336 e. The highest BCUT2D eigenvalue weighted by atomic mass is 16.4. The minimum absolute atomic E-state index is 0.104.